The van der Waals surface area contributed by atoms with Crippen LogP contribution >= 0.6 is 0 Å². The Kier molecular flexibility index (Phi) is 1.42. The Balaban J connectivity index is 2.74. The summed E-state index contributed by atoms with van der Waals surface area (Å²) in [6.45, 7) is 10.9. The minimum Gasteiger partial charge on any atom is -0.0991 e. The molecule has 0 bridgehead atoms. The van der Waals surface area contributed by atoms with Gasteiger partial charge < -0.3 is 0 Å². The Morgan fingerprint density at radius 2 is 2.11 bits per heavy atom. The summed E-state index contributed by atoms with van der Waals surface area (Å²) in [7, 11) is 0. The molecule has 52 valence electrons. The van der Waals surface area contributed by atoms with Crippen LogP contribution in [-0.2, 0) is 0 Å². The molecule has 0 aromatic carbocycles. The number of allylic oxidation sites excluding steroid dienone is 1. The van der Waals surface area contributed by atoms with E-state index in [2.05, 4.69) is 27.4 Å². The van der Waals surface area contributed by atoms with Crippen molar-refractivity contribution in [3.8, 4) is 0 Å². The first-order valence-electron chi connectivity index (χ1n) is 3.73. The van der Waals surface area contributed by atoms with Gasteiger partial charge in [-0.2, -0.15) is 0 Å². The topological polar surface area (TPSA) is 0 Å². The van der Waals surface area contributed by atoms with Crippen LogP contribution in [0.4, 0.5) is 0 Å². The second-order valence-corrected chi connectivity index (χ2v) is 3.85. The van der Waals surface area contributed by atoms with E-state index < -0.39 is 0 Å². The third-order valence-electron chi connectivity index (χ3n) is 2.67. The second kappa shape index (κ2) is 1.86. The third-order valence-corrected chi connectivity index (χ3v) is 2.67. The van der Waals surface area contributed by atoms with E-state index in [4.69, 9.17) is 0 Å². The fourth-order valence-corrected chi connectivity index (χ4v) is 1.58. The van der Waals surface area contributed by atoms with Crippen LogP contribution in [0, 0.1) is 11.3 Å². The van der Waals surface area contributed by atoms with Crippen LogP contribution < -0.4 is 0 Å². The largest absolute Gasteiger partial charge is 0.0991 e. The molecule has 1 aliphatic rings. The lowest BCUT2D eigenvalue weighted by molar-refractivity contribution is 0.462. The third kappa shape index (κ3) is 1.03. The average molecular weight is 124 g/mol. The molecule has 9 heavy (non-hydrogen) atoms. The molecule has 0 aliphatic heterocycles. The van der Waals surface area contributed by atoms with Crippen molar-refractivity contribution in [3.05, 3.63) is 12.2 Å². The van der Waals surface area contributed by atoms with Gasteiger partial charge >= 0.3 is 0 Å². The van der Waals surface area contributed by atoms with Crippen molar-refractivity contribution in [2.24, 2.45) is 11.3 Å². The van der Waals surface area contributed by atoms with Gasteiger partial charge in [-0.1, -0.05) is 32.9 Å². The summed E-state index contributed by atoms with van der Waals surface area (Å²) in [5.74, 6) is 0.764. The van der Waals surface area contributed by atoms with Crippen molar-refractivity contribution in [1.29, 1.82) is 0 Å². The lowest BCUT2D eigenvalue weighted by atomic mass is 9.86. The fourth-order valence-electron chi connectivity index (χ4n) is 1.58. The van der Waals surface area contributed by atoms with Gasteiger partial charge in [-0.15, -0.1) is 0 Å². The van der Waals surface area contributed by atoms with E-state index in [0.717, 1.165) is 5.92 Å². The summed E-state index contributed by atoms with van der Waals surface area (Å²) in [5, 5.41) is 0. The molecule has 1 rings (SSSR count). The lowest BCUT2D eigenvalue weighted by Crippen LogP contribution is -2.07. The Bertz CT molecular complexity index is 131. The van der Waals surface area contributed by atoms with Crippen molar-refractivity contribution in [2.75, 3.05) is 0 Å². The van der Waals surface area contributed by atoms with Crippen molar-refractivity contribution in [2.45, 2.75) is 33.6 Å². The Morgan fingerprint density at radius 3 is 2.22 bits per heavy atom. The highest BCUT2D eigenvalue weighted by atomic mass is 14.4. The number of rotatable bonds is 0. The predicted molar refractivity (Wildman–Crippen MR) is 41.3 cm³/mol. The van der Waals surface area contributed by atoms with E-state index in [-0.39, 0.29) is 0 Å². The average Bonchev–Trinajstić information content (AvgIpc) is 1.97. The van der Waals surface area contributed by atoms with Crippen LogP contribution in [0.3, 0.4) is 0 Å². The highest BCUT2D eigenvalue weighted by Gasteiger charge is 2.31. The maximum absolute atomic E-state index is 4.09. The van der Waals surface area contributed by atoms with Crippen LogP contribution in [0.1, 0.15) is 33.6 Å². The molecule has 0 radical (unpaired) electrons. The van der Waals surface area contributed by atoms with Crippen molar-refractivity contribution < 1.29 is 0 Å². The van der Waals surface area contributed by atoms with Gasteiger partial charge in [0.2, 0.25) is 0 Å². The number of hydrogen-bond acceptors (Lipinski definition) is 0. The monoisotopic (exact) mass is 124 g/mol. The second-order valence-electron chi connectivity index (χ2n) is 3.85. The molecule has 1 aliphatic carbocycles. The normalized spacial score (nSPS) is 33.2. The quantitative estimate of drug-likeness (QED) is 0.435. The maximum atomic E-state index is 4.09. The van der Waals surface area contributed by atoms with E-state index in [0.29, 0.717) is 5.41 Å². The molecule has 0 unspecified atom stereocenters. The van der Waals surface area contributed by atoms with Gasteiger partial charge in [0.05, 0.1) is 0 Å². The van der Waals surface area contributed by atoms with Gasteiger partial charge in [-0.25, -0.2) is 0 Å². The molecular formula is C9H16. The SMILES string of the molecule is C=C1[C@@H](C)CCC1(C)C. The lowest BCUT2D eigenvalue weighted by Gasteiger charge is -2.19. The molecule has 0 amide bonds. The Labute approximate surface area is 58.0 Å². The summed E-state index contributed by atoms with van der Waals surface area (Å²) < 4.78 is 0. The van der Waals surface area contributed by atoms with Crippen LogP contribution in [-0.4, -0.2) is 0 Å². The van der Waals surface area contributed by atoms with Gasteiger partial charge in [0, 0.05) is 0 Å². The minimum atomic E-state index is 0.430. The van der Waals surface area contributed by atoms with E-state index in [1.165, 1.54) is 18.4 Å². The summed E-state index contributed by atoms with van der Waals surface area (Å²) in [4.78, 5) is 0. The minimum absolute atomic E-state index is 0.430. The van der Waals surface area contributed by atoms with Crippen LogP contribution in [0.25, 0.3) is 0 Å². The van der Waals surface area contributed by atoms with E-state index in [1.54, 1.807) is 0 Å². The first-order valence-corrected chi connectivity index (χ1v) is 3.73. The predicted octanol–water partition coefficient (Wildman–Crippen LogP) is 3.00. The summed E-state index contributed by atoms with van der Waals surface area (Å²) in [6.07, 6.45) is 2.67. The van der Waals surface area contributed by atoms with Gasteiger partial charge in [0.1, 0.15) is 0 Å². The molecule has 0 spiro atoms. The maximum Gasteiger partial charge on any atom is -0.0144 e. The molecule has 0 heterocycles. The molecule has 0 nitrogen and oxygen atoms in total. The summed E-state index contributed by atoms with van der Waals surface area (Å²) in [6, 6.07) is 0. The molecule has 1 atom stereocenters. The van der Waals surface area contributed by atoms with Crippen LogP contribution in [0.2, 0.25) is 0 Å². The summed E-state index contributed by atoms with van der Waals surface area (Å²) in [5.41, 5.74) is 1.88. The Hall–Kier alpha value is -0.260. The molecule has 1 fully saturated rings. The standard InChI is InChI=1S/C9H16/c1-7-5-6-9(3,4)8(7)2/h7H,2,5-6H2,1,3-4H3/t7-/m0/s1. The zero-order valence-electron chi connectivity index (χ0n) is 6.70. The van der Waals surface area contributed by atoms with Gasteiger partial charge in [0.15, 0.2) is 0 Å². The zero-order valence-corrected chi connectivity index (χ0v) is 6.70. The van der Waals surface area contributed by atoms with Crippen molar-refractivity contribution in [3.63, 3.8) is 0 Å². The van der Waals surface area contributed by atoms with Crippen molar-refractivity contribution in [1.82, 2.24) is 0 Å². The number of hydrogen-bond donors (Lipinski definition) is 0. The highest BCUT2D eigenvalue weighted by molar-refractivity contribution is 5.15. The Morgan fingerprint density at radius 1 is 1.56 bits per heavy atom. The van der Waals surface area contributed by atoms with Gasteiger partial charge in [-0.3, -0.25) is 0 Å². The summed E-state index contributed by atoms with van der Waals surface area (Å²) >= 11 is 0. The first kappa shape index (κ1) is 6.85. The first-order chi connectivity index (χ1) is 4.04. The molecule has 0 heteroatoms. The molecule has 1 saturated carbocycles. The van der Waals surface area contributed by atoms with Crippen LogP contribution in [0.5, 0.6) is 0 Å². The highest BCUT2D eigenvalue weighted by Crippen LogP contribution is 2.44. The van der Waals surface area contributed by atoms with Gasteiger partial charge in [-0.05, 0) is 24.2 Å². The van der Waals surface area contributed by atoms with E-state index in [9.17, 15) is 0 Å². The fraction of sp³-hybridized carbons (Fsp3) is 0.778. The molecular weight excluding hydrogens is 108 g/mol. The van der Waals surface area contributed by atoms with Gasteiger partial charge in [0.25, 0.3) is 0 Å². The molecule has 0 aromatic heterocycles. The molecule has 0 aromatic rings. The zero-order chi connectivity index (χ0) is 7.07. The smallest absolute Gasteiger partial charge is 0.0144 e. The molecule has 0 saturated heterocycles. The van der Waals surface area contributed by atoms with E-state index in [1.807, 2.05) is 0 Å². The van der Waals surface area contributed by atoms with Crippen LogP contribution in [0.15, 0.2) is 12.2 Å². The molecule has 0 N–H and O–H groups in total. The van der Waals surface area contributed by atoms with Crippen molar-refractivity contribution >= 4 is 0 Å². The van der Waals surface area contributed by atoms with E-state index >= 15 is 0 Å².